The number of rotatable bonds is 6. The maximum Gasteiger partial charge on any atom is 0.254 e. The van der Waals surface area contributed by atoms with Crippen LogP contribution in [0, 0.1) is 30.1 Å². The first-order valence-corrected chi connectivity index (χ1v) is 12.9. The van der Waals surface area contributed by atoms with Crippen LogP contribution in [-0.2, 0) is 4.79 Å². The molecule has 3 aromatic rings. The fourth-order valence-corrected chi connectivity index (χ4v) is 5.61. The van der Waals surface area contributed by atoms with E-state index in [-0.39, 0.29) is 35.7 Å². The number of nitriles is 1. The van der Waals surface area contributed by atoms with E-state index in [1.807, 2.05) is 19.9 Å². The van der Waals surface area contributed by atoms with Crippen LogP contribution in [0.2, 0.25) is 5.02 Å². The van der Waals surface area contributed by atoms with Crippen LogP contribution in [0.5, 0.6) is 0 Å². The molecule has 2 saturated carbocycles. The van der Waals surface area contributed by atoms with Gasteiger partial charge in [-0.3, -0.25) is 19.2 Å². The van der Waals surface area contributed by atoms with Gasteiger partial charge in [0.25, 0.3) is 5.91 Å². The number of hydrogen-bond acceptors (Lipinski definition) is 6. The first-order chi connectivity index (χ1) is 17.8. The Bertz CT molecular complexity index is 1440. The highest BCUT2D eigenvalue weighted by molar-refractivity contribution is 6.30. The summed E-state index contributed by atoms with van der Waals surface area (Å²) in [6.45, 7) is 4.49. The molecule has 0 radical (unpaired) electrons. The Kier molecular flexibility index (Phi) is 5.72. The maximum atomic E-state index is 13.0. The van der Waals surface area contributed by atoms with Crippen molar-refractivity contribution in [3.05, 3.63) is 69.8 Å². The molecule has 0 bridgehead atoms. The molecule has 3 heterocycles. The Hall–Kier alpha value is -3.77. The summed E-state index contributed by atoms with van der Waals surface area (Å²) in [6, 6.07) is 7.39. The van der Waals surface area contributed by atoms with Crippen molar-refractivity contribution in [3.8, 4) is 6.07 Å². The van der Waals surface area contributed by atoms with Crippen molar-refractivity contribution in [3.63, 3.8) is 0 Å². The molecule has 0 unspecified atom stereocenters. The largest absolute Gasteiger partial charge is 0.349 e. The van der Waals surface area contributed by atoms with E-state index >= 15 is 0 Å². The number of hydrogen-bond donors (Lipinski definition) is 1. The van der Waals surface area contributed by atoms with Crippen LogP contribution in [0.3, 0.4) is 0 Å². The number of halogens is 1. The van der Waals surface area contributed by atoms with Gasteiger partial charge < -0.3 is 5.32 Å². The molecule has 188 valence electrons. The van der Waals surface area contributed by atoms with Crippen LogP contribution in [0.1, 0.15) is 70.9 Å². The molecule has 0 spiro atoms. The molecule has 6 rings (SSSR count). The SMILES string of the molecule is Cc1nn([C@H](C)c2cnc(N3C[C@H]4C[C@H]4C3=O)nc2)cc1C(=O)NC1CC(c2cc(Cl)ccc2C#N)C1. The smallest absolute Gasteiger partial charge is 0.254 e. The van der Waals surface area contributed by atoms with E-state index in [1.165, 1.54) is 0 Å². The molecule has 37 heavy (non-hydrogen) atoms. The number of carbonyl (C=O) groups excluding carboxylic acids is 2. The number of aromatic nitrogens is 4. The number of aryl methyl sites for hydroxylation is 1. The fourth-order valence-electron chi connectivity index (χ4n) is 5.42. The quantitative estimate of drug-likeness (QED) is 0.534. The van der Waals surface area contributed by atoms with Crippen LogP contribution in [0.15, 0.2) is 36.8 Å². The second-order valence-electron chi connectivity index (χ2n) is 10.3. The van der Waals surface area contributed by atoms with E-state index in [0.29, 0.717) is 40.3 Å². The highest BCUT2D eigenvalue weighted by atomic mass is 35.5. The summed E-state index contributed by atoms with van der Waals surface area (Å²) in [4.78, 5) is 35.8. The zero-order chi connectivity index (χ0) is 25.8. The number of nitrogens with one attached hydrogen (secondary N) is 1. The summed E-state index contributed by atoms with van der Waals surface area (Å²) in [7, 11) is 0. The molecule has 2 aliphatic carbocycles. The summed E-state index contributed by atoms with van der Waals surface area (Å²) < 4.78 is 1.74. The number of benzene rings is 1. The number of carbonyl (C=O) groups is 2. The summed E-state index contributed by atoms with van der Waals surface area (Å²) >= 11 is 6.13. The average Bonchev–Trinajstić information content (AvgIpc) is 3.43. The van der Waals surface area contributed by atoms with Crippen molar-refractivity contribution in [2.75, 3.05) is 11.4 Å². The lowest BCUT2D eigenvalue weighted by Crippen LogP contribution is -2.43. The van der Waals surface area contributed by atoms with Gasteiger partial charge in [-0.1, -0.05) is 11.6 Å². The molecule has 2 amide bonds. The van der Waals surface area contributed by atoms with Crippen LogP contribution in [0.4, 0.5) is 5.95 Å². The van der Waals surface area contributed by atoms with Crippen molar-refractivity contribution in [2.45, 2.75) is 51.1 Å². The molecule has 3 atom stereocenters. The van der Waals surface area contributed by atoms with Gasteiger partial charge >= 0.3 is 0 Å². The number of fused-ring (bicyclic) bond motifs is 1. The van der Waals surface area contributed by atoms with Crippen molar-refractivity contribution in [1.82, 2.24) is 25.1 Å². The summed E-state index contributed by atoms with van der Waals surface area (Å²) in [6.07, 6.45) is 7.71. The number of amides is 2. The molecule has 2 aromatic heterocycles. The molecule has 10 heteroatoms. The predicted molar refractivity (Wildman–Crippen MR) is 136 cm³/mol. The van der Waals surface area contributed by atoms with E-state index in [2.05, 4.69) is 26.5 Å². The molecule has 3 fully saturated rings. The van der Waals surface area contributed by atoms with Crippen molar-refractivity contribution >= 4 is 29.4 Å². The Morgan fingerprint density at radius 1 is 1.24 bits per heavy atom. The summed E-state index contributed by atoms with van der Waals surface area (Å²) in [5, 5.41) is 17.7. The highest BCUT2D eigenvalue weighted by Crippen LogP contribution is 2.46. The van der Waals surface area contributed by atoms with Gasteiger partial charge in [0, 0.05) is 47.7 Å². The van der Waals surface area contributed by atoms with E-state index < -0.39 is 0 Å². The molecule has 1 saturated heterocycles. The van der Waals surface area contributed by atoms with E-state index in [4.69, 9.17) is 11.6 Å². The molecular formula is C27H26ClN7O2. The third kappa shape index (κ3) is 4.25. The van der Waals surface area contributed by atoms with Gasteiger partial charge in [0.1, 0.15) is 0 Å². The first-order valence-electron chi connectivity index (χ1n) is 12.5. The first kappa shape index (κ1) is 23.6. The minimum Gasteiger partial charge on any atom is -0.349 e. The number of piperidine rings is 1. The van der Waals surface area contributed by atoms with E-state index in [0.717, 1.165) is 30.4 Å². The highest BCUT2D eigenvalue weighted by Gasteiger charge is 2.53. The second kappa shape index (κ2) is 8.96. The van der Waals surface area contributed by atoms with Gasteiger partial charge in [-0.2, -0.15) is 10.4 Å². The number of nitrogens with zero attached hydrogens (tertiary/aromatic N) is 6. The van der Waals surface area contributed by atoms with Gasteiger partial charge in [0.2, 0.25) is 11.9 Å². The molecule has 1 aromatic carbocycles. The Morgan fingerprint density at radius 2 is 2.00 bits per heavy atom. The normalized spacial score (nSPS) is 24.7. The Morgan fingerprint density at radius 3 is 2.68 bits per heavy atom. The predicted octanol–water partition coefficient (Wildman–Crippen LogP) is 3.77. The second-order valence-corrected chi connectivity index (χ2v) is 10.8. The third-order valence-corrected chi connectivity index (χ3v) is 8.15. The average molecular weight is 516 g/mol. The summed E-state index contributed by atoms with van der Waals surface area (Å²) in [5.74, 6) is 1.24. The molecule has 1 aliphatic heterocycles. The third-order valence-electron chi connectivity index (χ3n) is 7.91. The molecule has 3 aliphatic rings. The van der Waals surface area contributed by atoms with Crippen molar-refractivity contribution in [2.24, 2.45) is 11.8 Å². The standard InChI is InChI=1S/C27H26ClN7O2/c1-14-24(25(36)32-21-5-17(6-21)22-8-20(28)4-3-16(22)9-29)13-35(33-14)15(2)19-10-30-27(31-11-19)34-12-18-7-23(18)26(34)37/h3-4,8,10-11,13,15,17-18,21,23H,5-7,12H2,1-2H3,(H,32,36)/t15-,17?,18-,21?,23-/m1/s1. The van der Waals surface area contributed by atoms with Gasteiger partial charge in [-0.25, -0.2) is 9.97 Å². The van der Waals surface area contributed by atoms with Crippen LogP contribution < -0.4 is 10.2 Å². The Balaban J connectivity index is 1.09. The Labute approximate surface area is 219 Å². The molecule has 9 nitrogen and oxygen atoms in total. The lowest BCUT2D eigenvalue weighted by Gasteiger charge is -2.36. The van der Waals surface area contributed by atoms with Crippen LogP contribution in [0.25, 0.3) is 0 Å². The van der Waals surface area contributed by atoms with E-state index in [1.54, 1.807) is 40.3 Å². The van der Waals surface area contributed by atoms with Gasteiger partial charge in [0.05, 0.1) is 28.9 Å². The van der Waals surface area contributed by atoms with Crippen molar-refractivity contribution < 1.29 is 9.59 Å². The van der Waals surface area contributed by atoms with Crippen LogP contribution >= 0.6 is 11.6 Å². The minimum atomic E-state index is -0.183. The van der Waals surface area contributed by atoms with E-state index in [9.17, 15) is 14.9 Å². The fraction of sp³-hybridized carbons (Fsp3) is 0.407. The van der Waals surface area contributed by atoms with Gasteiger partial charge in [-0.15, -0.1) is 0 Å². The number of anilines is 1. The van der Waals surface area contributed by atoms with Gasteiger partial charge in [0.15, 0.2) is 0 Å². The lowest BCUT2D eigenvalue weighted by atomic mass is 9.74. The molecule has 1 N–H and O–H groups in total. The van der Waals surface area contributed by atoms with Crippen molar-refractivity contribution in [1.29, 1.82) is 5.26 Å². The summed E-state index contributed by atoms with van der Waals surface area (Å²) in [5.41, 5.74) is 3.58. The minimum absolute atomic E-state index is 0.0310. The zero-order valence-electron chi connectivity index (χ0n) is 20.6. The topological polar surface area (TPSA) is 117 Å². The maximum absolute atomic E-state index is 13.0. The lowest BCUT2D eigenvalue weighted by molar-refractivity contribution is -0.118. The zero-order valence-corrected chi connectivity index (χ0v) is 21.3. The van der Waals surface area contributed by atoms with Gasteiger partial charge in [-0.05, 0) is 68.7 Å². The monoisotopic (exact) mass is 515 g/mol. The van der Waals surface area contributed by atoms with Crippen LogP contribution in [-0.4, -0.2) is 44.1 Å². The molecular weight excluding hydrogens is 490 g/mol.